The summed E-state index contributed by atoms with van der Waals surface area (Å²) >= 11 is 0. The van der Waals surface area contributed by atoms with Gasteiger partial charge in [0.25, 0.3) is 0 Å². The first-order valence-corrected chi connectivity index (χ1v) is 8.63. The molecule has 0 aromatic heterocycles. The monoisotopic (exact) mass is 260 g/mol. The molecule has 0 spiro atoms. The predicted molar refractivity (Wildman–Crippen MR) is 85.1 cm³/mol. The number of rotatable bonds is 4. The van der Waals surface area contributed by atoms with E-state index in [-0.39, 0.29) is 0 Å². The molecule has 19 heavy (non-hydrogen) atoms. The second-order valence-corrected chi connectivity index (χ2v) is 6.92. The number of hydrogen-bond donors (Lipinski definition) is 0. The molecule has 0 radical (unpaired) electrons. The minimum absolute atomic E-state index is 0.875. The van der Waals surface area contributed by atoms with E-state index in [1.165, 1.54) is 57.8 Å². The summed E-state index contributed by atoms with van der Waals surface area (Å²) in [6.45, 7) is 4.64. The lowest BCUT2D eigenvalue weighted by molar-refractivity contribution is 0.325. The first kappa shape index (κ1) is 14.9. The van der Waals surface area contributed by atoms with Gasteiger partial charge in [-0.25, -0.2) is 0 Å². The standard InChI is InChI=1S/C19H32/c1-3-4-5-17-10-12-19(13-11-17)15-14-18-8-6-16(2)7-9-18/h4-5,14-19H,3,6-13H2,1-2H3/b5-4+,15-14+. The normalized spacial score (nSPS) is 37.2. The fraction of sp³-hybridized carbons (Fsp3) is 0.789. The molecule has 108 valence electrons. The molecule has 0 nitrogen and oxygen atoms in total. The summed E-state index contributed by atoms with van der Waals surface area (Å²) in [5.41, 5.74) is 0. The zero-order valence-electron chi connectivity index (χ0n) is 13.0. The molecular formula is C19H32. The Hall–Kier alpha value is -0.520. The lowest BCUT2D eigenvalue weighted by Gasteiger charge is -2.26. The predicted octanol–water partition coefficient (Wildman–Crippen LogP) is 6.14. The Morgan fingerprint density at radius 1 is 0.684 bits per heavy atom. The van der Waals surface area contributed by atoms with E-state index in [9.17, 15) is 0 Å². The van der Waals surface area contributed by atoms with Crippen molar-refractivity contribution in [2.24, 2.45) is 23.7 Å². The van der Waals surface area contributed by atoms with Crippen molar-refractivity contribution >= 4 is 0 Å². The van der Waals surface area contributed by atoms with Crippen LogP contribution < -0.4 is 0 Å². The van der Waals surface area contributed by atoms with E-state index in [0.717, 1.165) is 23.7 Å². The third kappa shape index (κ3) is 5.16. The van der Waals surface area contributed by atoms with Crippen molar-refractivity contribution < 1.29 is 0 Å². The summed E-state index contributed by atoms with van der Waals surface area (Å²) in [7, 11) is 0. The maximum Gasteiger partial charge on any atom is -0.0233 e. The van der Waals surface area contributed by atoms with E-state index in [4.69, 9.17) is 0 Å². The smallest absolute Gasteiger partial charge is 0.0233 e. The molecular weight excluding hydrogens is 228 g/mol. The minimum atomic E-state index is 0.875. The molecule has 2 aliphatic rings. The molecule has 0 bridgehead atoms. The Balaban J connectivity index is 1.69. The van der Waals surface area contributed by atoms with Gasteiger partial charge in [-0.1, -0.05) is 51.0 Å². The van der Waals surface area contributed by atoms with Crippen molar-refractivity contribution in [2.45, 2.75) is 71.6 Å². The van der Waals surface area contributed by atoms with Crippen LogP contribution in [-0.2, 0) is 0 Å². The lowest BCUT2D eigenvalue weighted by atomic mass is 9.79. The number of hydrogen-bond acceptors (Lipinski definition) is 0. The van der Waals surface area contributed by atoms with E-state index >= 15 is 0 Å². The van der Waals surface area contributed by atoms with Crippen molar-refractivity contribution in [1.82, 2.24) is 0 Å². The van der Waals surface area contributed by atoms with Crippen LogP contribution in [0.2, 0.25) is 0 Å². The van der Waals surface area contributed by atoms with E-state index < -0.39 is 0 Å². The highest BCUT2D eigenvalue weighted by Crippen LogP contribution is 2.33. The molecule has 0 aliphatic heterocycles. The first-order valence-electron chi connectivity index (χ1n) is 8.63. The van der Waals surface area contributed by atoms with Crippen LogP contribution in [0.15, 0.2) is 24.3 Å². The lowest BCUT2D eigenvalue weighted by Crippen LogP contribution is -2.13. The molecule has 2 rings (SSSR count). The Kier molecular flexibility index (Phi) is 6.20. The van der Waals surface area contributed by atoms with E-state index in [1.807, 2.05) is 0 Å². The van der Waals surface area contributed by atoms with Crippen LogP contribution in [0.1, 0.15) is 71.6 Å². The van der Waals surface area contributed by atoms with Gasteiger partial charge in [0.2, 0.25) is 0 Å². The highest BCUT2D eigenvalue weighted by atomic mass is 14.2. The summed E-state index contributed by atoms with van der Waals surface area (Å²) in [6.07, 6.45) is 22.6. The van der Waals surface area contributed by atoms with Crippen molar-refractivity contribution in [1.29, 1.82) is 0 Å². The molecule has 0 saturated heterocycles. The van der Waals surface area contributed by atoms with Crippen LogP contribution in [0.25, 0.3) is 0 Å². The maximum absolute atomic E-state index is 2.57. The SMILES string of the molecule is CC/C=C/C1CCC(/C=C/C2CCC(C)CC2)CC1. The average Bonchev–Trinajstić information content (AvgIpc) is 2.46. The van der Waals surface area contributed by atoms with Crippen LogP contribution in [0.3, 0.4) is 0 Å². The zero-order chi connectivity index (χ0) is 13.5. The molecule has 2 saturated carbocycles. The molecule has 0 heteroatoms. The van der Waals surface area contributed by atoms with Gasteiger partial charge in [0.1, 0.15) is 0 Å². The molecule has 0 N–H and O–H groups in total. The first-order chi connectivity index (χ1) is 9.28. The summed E-state index contributed by atoms with van der Waals surface area (Å²) in [5.74, 6) is 3.63. The molecule has 2 aliphatic carbocycles. The van der Waals surface area contributed by atoms with Gasteiger partial charge in [0, 0.05) is 0 Å². The molecule has 0 atom stereocenters. The van der Waals surface area contributed by atoms with Gasteiger partial charge in [-0.05, 0) is 68.6 Å². The van der Waals surface area contributed by atoms with Crippen molar-refractivity contribution in [3.63, 3.8) is 0 Å². The van der Waals surface area contributed by atoms with Crippen LogP contribution in [0.4, 0.5) is 0 Å². The molecule has 0 amide bonds. The van der Waals surface area contributed by atoms with E-state index in [1.54, 1.807) is 0 Å². The molecule has 0 aromatic rings. The van der Waals surface area contributed by atoms with Gasteiger partial charge < -0.3 is 0 Å². The molecule has 0 heterocycles. The van der Waals surface area contributed by atoms with E-state index in [2.05, 4.69) is 38.2 Å². The second-order valence-electron chi connectivity index (χ2n) is 6.92. The third-order valence-electron chi connectivity index (χ3n) is 5.18. The van der Waals surface area contributed by atoms with Crippen molar-refractivity contribution in [2.75, 3.05) is 0 Å². The summed E-state index contributed by atoms with van der Waals surface area (Å²) in [5, 5.41) is 0. The Morgan fingerprint density at radius 2 is 1.11 bits per heavy atom. The van der Waals surface area contributed by atoms with E-state index in [0.29, 0.717) is 0 Å². The van der Waals surface area contributed by atoms with Crippen LogP contribution in [-0.4, -0.2) is 0 Å². The summed E-state index contributed by atoms with van der Waals surface area (Å²) in [4.78, 5) is 0. The average molecular weight is 260 g/mol. The maximum atomic E-state index is 2.57. The van der Waals surface area contributed by atoms with Crippen LogP contribution in [0, 0.1) is 23.7 Å². The molecule has 0 aromatic carbocycles. The van der Waals surface area contributed by atoms with Crippen LogP contribution in [0.5, 0.6) is 0 Å². The molecule has 2 fully saturated rings. The number of allylic oxidation sites excluding steroid dienone is 4. The largest absolute Gasteiger partial charge is 0.0885 e. The minimum Gasteiger partial charge on any atom is -0.0885 e. The summed E-state index contributed by atoms with van der Waals surface area (Å²) in [6, 6.07) is 0. The van der Waals surface area contributed by atoms with Crippen LogP contribution >= 0.6 is 0 Å². The van der Waals surface area contributed by atoms with Gasteiger partial charge in [-0.3, -0.25) is 0 Å². The molecule has 0 unspecified atom stereocenters. The zero-order valence-corrected chi connectivity index (χ0v) is 13.0. The van der Waals surface area contributed by atoms with Gasteiger partial charge in [-0.2, -0.15) is 0 Å². The Morgan fingerprint density at radius 3 is 1.58 bits per heavy atom. The van der Waals surface area contributed by atoms with Gasteiger partial charge in [-0.15, -0.1) is 0 Å². The van der Waals surface area contributed by atoms with Gasteiger partial charge in [0.15, 0.2) is 0 Å². The topological polar surface area (TPSA) is 0 Å². The van der Waals surface area contributed by atoms with Gasteiger partial charge in [0.05, 0.1) is 0 Å². The summed E-state index contributed by atoms with van der Waals surface area (Å²) < 4.78 is 0. The second kappa shape index (κ2) is 7.92. The highest BCUT2D eigenvalue weighted by Gasteiger charge is 2.19. The third-order valence-corrected chi connectivity index (χ3v) is 5.18. The Bertz CT molecular complexity index is 283. The van der Waals surface area contributed by atoms with Crippen molar-refractivity contribution in [3.8, 4) is 0 Å². The van der Waals surface area contributed by atoms with Crippen molar-refractivity contribution in [3.05, 3.63) is 24.3 Å². The highest BCUT2D eigenvalue weighted by molar-refractivity contribution is 4.98. The fourth-order valence-corrected chi connectivity index (χ4v) is 3.65. The quantitative estimate of drug-likeness (QED) is 0.532. The fourth-order valence-electron chi connectivity index (χ4n) is 3.65. The Labute approximate surface area is 120 Å². The van der Waals surface area contributed by atoms with Gasteiger partial charge >= 0.3 is 0 Å².